The summed E-state index contributed by atoms with van der Waals surface area (Å²) in [5.41, 5.74) is 10.6. The number of aliphatic hydroxyl groups is 1. The number of azide groups is 1. The molecule has 0 aliphatic heterocycles. The third kappa shape index (κ3) is 9.52. The fourth-order valence-electron chi connectivity index (χ4n) is 2.84. The highest BCUT2D eigenvalue weighted by Crippen LogP contribution is 2.50. The van der Waals surface area contributed by atoms with Crippen LogP contribution in [0.3, 0.4) is 0 Å². The first-order valence-corrected chi connectivity index (χ1v) is 12.1. The highest BCUT2D eigenvalue weighted by atomic mass is 31.2. The van der Waals surface area contributed by atoms with Crippen molar-refractivity contribution in [2.24, 2.45) is 5.11 Å². The topological polar surface area (TPSA) is 105 Å². The van der Waals surface area contributed by atoms with Crippen LogP contribution < -0.4 is 0 Å². The highest BCUT2D eigenvalue weighted by molar-refractivity contribution is 7.53. The van der Waals surface area contributed by atoms with E-state index in [1.165, 1.54) is 0 Å². The zero-order valence-corrected chi connectivity index (χ0v) is 18.7. The summed E-state index contributed by atoms with van der Waals surface area (Å²) in [6.07, 6.45) is 4.46. The largest absolute Gasteiger partial charge is 0.389 e. The fourth-order valence-corrected chi connectivity index (χ4v) is 4.45. The molecule has 2 rings (SSSR count). The zero-order valence-electron chi connectivity index (χ0n) is 17.8. The van der Waals surface area contributed by atoms with Crippen molar-refractivity contribution in [3.63, 3.8) is 0 Å². The van der Waals surface area contributed by atoms with Crippen LogP contribution in [0.2, 0.25) is 0 Å². The van der Waals surface area contributed by atoms with Crippen LogP contribution >= 0.6 is 7.60 Å². The van der Waals surface area contributed by atoms with E-state index >= 15 is 0 Å². The van der Waals surface area contributed by atoms with E-state index in [0.29, 0.717) is 0 Å². The van der Waals surface area contributed by atoms with Crippen molar-refractivity contribution in [3.05, 3.63) is 94.4 Å². The molecule has 0 heterocycles. The number of rotatable bonds is 14. The lowest BCUT2D eigenvalue weighted by Crippen LogP contribution is -2.23. The molecular formula is C23H30N3O4P. The number of aliphatic hydroxyl groups excluding tert-OH is 1. The van der Waals surface area contributed by atoms with E-state index in [-0.39, 0.29) is 25.8 Å². The van der Waals surface area contributed by atoms with Crippen molar-refractivity contribution in [1.29, 1.82) is 0 Å². The van der Waals surface area contributed by atoms with Gasteiger partial charge in [-0.25, -0.2) is 0 Å². The van der Waals surface area contributed by atoms with Gasteiger partial charge in [-0.3, -0.25) is 4.57 Å². The summed E-state index contributed by atoms with van der Waals surface area (Å²) in [7, 11) is -3.52. The fraction of sp³-hybridized carbons (Fsp3) is 0.391. The van der Waals surface area contributed by atoms with Crippen LogP contribution in [-0.4, -0.2) is 23.4 Å². The summed E-state index contributed by atoms with van der Waals surface area (Å²) in [5.74, 6) is 0. The van der Waals surface area contributed by atoms with Gasteiger partial charge in [0.1, 0.15) is 0 Å². The van der Waals surface area contributed by atoms with Crippen molar-refractivity contribution in [2.75, 3.05) is 6.16 Å². The molecule has 0 bridgehead atoms. The lowest BCUT2D eigenvalue weighted by Gasteiger charge is -2.22. The van der Waals surface area contributed by atoms with Gasteiger partial charge < -0.3 is 14.2 Å². The van der Waals surface area contributed by atoms with Gasteiger partial charge in [0.05, 0.1) is 31.5 Å². The van der Waals surface area contributed by atoms with E-state index in [1.807, 2.05) is 73.7 Å². The molecule has 0 aliphatic carbocycles. The molecule has 0 aromatic heterocycles. The van der Waals surface area contributed by atoms with Gasteiger partial charge in [0.2, 0.25) is 0 Å². The second-order valence-corrected chi connectivity index (χ2v) is 9.31. The van der Waals surface area contributed by atoms with E-state index in [9.17, 15) is 9.67 Å². The maximum Gasteiger partial charge on any atom is 0.331 e. The van der Waals surface area contributed by atoms with E-state index in [2.05, 4.69) is 10.0 Å². The molecule has 0 fully saturated rings. The molecule has 0 saturated heterocycles. The lowest BCUT2D eigenvalue weighted by molar-refractivity contribution is 0.177. The maximum atomic E-state index is 13.5. The van der Waals surface area contributed by atoms with Crippen molar-refractivity contribution < 1.29 is 18.7 Å². The van der Waals surface area contributed by atoms with E-state index in [4.69, 9.17) is 14.6 Å². The Hall–Kier alpha value is -2.40. The van der Waals surface area contributed by atoms with Crippen LogP contribution in [0.4, 0.5) is 0 Å². The normalized spacial score (nSPS) is 13.6. The Morgan fingerprint density at radius 3 is 2.10 bits per heavy atom. The predicted octanol–water partition coefficient (Wildman–Crippen LogP) is 6.40. The van der Waals surface area contributed by atoms with Crippen LogP contribution in [0.5, 0.6) is 0 Å². The van der Waals surface area contributed by atoms with Crippen LogP contribution in [0.15, 0.2) is 77.9 Å². The molecule has 0 unspecified atom stereocenters. The van der Waals surface area contributed by atoms with Crippen LogP contribution in [0.25, 0.3) is 10.4 Å². The van der Waals surface area contributed by atoms with Gasteiger partial charge in [0.25, 0.3) is 0 Å². The van der Waals surface area contributed by atoms with Gasteiger partial charge in [-0.1, -0.05) is 91.3 Å². The van der Waals surface area contributed by atoms with E-state index in [1.54, 1.807) is 6.08 Å². The summed E-state index contributed by atoms with van der Waals surface area (Å²) in [6, 6.07) is 18.1. The number of hydrogen-bond donors (Lipinski definition) is 1. The summed E-state index contributed by atoms with van der Waals surface area (Å²) < 4.78 is 25.0. The van der Waals surface area contributed by atoms with Gasteiger partial charge in [-0.2, -0.15) is 0 Å². The molecule has 7 nitrogen and oxygen atoms in total. The molecule has 0 amide bonds. The van der Waals surface area contributed by atoms with Gasteiger partial charge in [0.15, 0.2) is 0 Å². The van der Waals surface area contributed by atoms with E-state index < -0.39 is 19.7 Å². The third-order valence-electron chi connectivity index (χ3n) is 4.62. The minimum Gasteiger partial charge on any atom is -0.389 e. The maximum absolute atomic E-state index is 13.5. The molecule has 8 heteroatoms. The molecule has 2 aromatic rings. The molecule has 2 aromatic carbocycles. The Kier molecular flexibility index (Phi) is 11.1. The lowest BCUT2D eigenvalue weighted by atomic mass is 10.1. The number of nitrogens with zero attached hydrogens (tertiary/aromatic N) is 3. The average molecular weight is 443 g/mol. The first-order valence-electron chi connectivity index (χ1n) is 10.4. The van der Waals surface area contributed by atoms with Gasteiger partial charge in [0, 0.05) is 4.91 Å². The first-order chi connectivity index (χ1) is 15.1. The summed E-state index contributed by atoms with van der Waals surface area (Å²) in [5, 5.41) is 14.0. The van der Waals surface area contributed by atoms with Crippen molar-refractivity contribution >= 4 is 7.60 Å². The number of benzene rings is 2. The van der Waals surface area contributed by atoms with Crippen molar-refractivity contribution in [2.45, 2.75) is 51.5 Å². The van der Waals surface area contributed by atoms with Gasteiger partial charge >= 0.3 is 7.60 Å². The Bertz CT molecular complexity index is 839. The first kappa shape index (κ1) is 24.9. The Labute approximate surface area is 183 Å². The molecule has 0 radical (unpaired) electrons. The summed E-state index contributed by atoms with van der Waals surface area (Å²) >= 11 is 0. The number of unbranched alkanes of at least 4 members (excludes halogenated alkanes) is 1. The average Bonchev–Trinajstić information content (AvgIpc) is 2.81. The quantitative estimate of drug-likeness (QED) is 0.120. The third-order valence-corrected chi connectivity index (χ3v) is 6.47. The molecule has 0 spiro atoms. The molecule has 1 N–H and O–H groups in total. The SMILES string of the molecule is CCC/C=C/[C@@H](O)[C@H](CCP(=O)(OCc1ccccc1)OCc1ccccc1)N=[N+]=[N-]. The highest BCUT2D eigenvalue weighted by Gasteiger charge is 2.28. The van der Waals surface area contributed by atoms with Gasteiger partial charge in [-0.15, -0.1) is 0 Å². The summed E-state index contributed by atoms with van der Waals surface area (Å²) in [6.45, 7) is 2.31. The monoisotopic (exact) mass is 443 g/mol. The molecule has 2 atom stereocenters. The van der Waals surface area contributed by atoms with Crippen molar-refractivity contribution in [3.8, 4) is 0 Å². The second kappa shape index (κ2) is 13.8. The molecule has 166 valence electrons. The molecule has 0 aliphatic rings. The molecule has 31 heavy (non-hydrogen) atoms. The Balaban J connectivity index is 2.07. The minimum atomic E-state index is -3.52. The standard InChI is InChI=1S/C23H30N3O4P/c1-2-3-6-15-23(27)22(25-26-24)16-17-31(28,29-18-20-11-7-4-8-12-20)30-19-21-13-9-5-10-14-21/h4-15,22-23,27H,2-3,16-19H2,1H3/b15-6+/t22-,23+/m0/s1. The van der Waals surface area contributed by atoms with Crippen LogP contribution in [0, 0.1) is 0 Å². The van der Waals surface area contributed by atoms with E-state index in [0.717, 1.165) is 24.0 Å². The Morgan fingerprint density at radius 1 is 1.06 bits per heavy atom. The Morgan fingerprint density at radius 2 is 1.61 bits per heavy atom. The van der Waals surface area contributed by atoms with Crippen LogP contribution in [-0.2, 0) is 26.8 Å². The van der Waals surface area contributed by atoms with Crippen LogP contribution in [0.1, 0.15) is 37.3 Å². The zero-order chi connectivity index (χ0) is 22.4. The van der Waals surface area contributed by atoms with Crippen molar-refractivity contribution in [1.82, 2.24) is 0 Å². The number of allylic oxidation sites excluding steroid dienone is 1. The predicted molar refractivity (Wildman–Crippen MR) is 123 cm³/mol. The molecule has 0 saturated carbocycles. The van der Waals surface area contributed by atoms with Gasteiger partial charge in [-0.05, 0) is 29.5 Å². The summed E-state index contributed by atoms with van der Waals surface area (Å²) in [4.78, 5) is 2.83. The smallest absolute Gasteiger partial charge is 0.331 e. The minimum absolute atomic E-state index is 0.0228. The molecular weight excluding hydrogens is 413 g/mol. The number of hydrogen-bond acceptors (Lipinski definition) is 5. The second-order valence-electron chi connectivity index (χ2n) is 7.12.